The fourth-order valence-corrected chi connectivity index (χ4v) is 3.94. The minimum atomic E-state index is 0.823. The molecule has 0 saturated carbocycles. The summed E-state index contributed by atoms with van der Waals surface area (Å²) >= 11 is 0. The SMILES string of the molecule is CCc1cc(-c2cc(-c3ccc(-c4cccnc4)cc3)no2)cc(CC)c1CC. The van der Waals surface area contributed by atoms with Crippen molar-refractivity contribution in [3.63, 3.8) is 0 Å². The third-order valence-electron chi connectivity index (χ3n) is 5.52. The van der Waals surface area contributed by atoms with Gasteiger partial charge in [0.2, 0.25) is 0 Å². The van der Waals surface area contributed by atoms with Crippen molar-refractivity contribution in [2.45, 2.75) is 40.0 Å². The minimum absolute atomic E-state index is 0.823. The molecule has 0 spiro atoms. The van der Waals surface area contributed by atoms with Crippen molar-refractivity contribution in [2.75, 3.05) is 0 Å². The van der Waals surface area contributed by atoms with Crippen LogP contribution in [0.4, 0.5) is 0 Å². The molecule has 2 heterocycles. The van der Waals surface area contributed by atoms with E-state index in [9.17, 15) is 0 Å². The standard InChI is InChI=1S/C26H26N2O/c1-4-18-14-23(15-19(5-2)24(18)6-3)26-16-25(28-29-26)21-11-9-20(10-12-21)22-8-7-13-27-17-22/h7-17H,4-6H2,1-3H3. The second-order valence-corrected chi connectivity index (χ2v) is 7.23. The number of aromatic nitrogens is 2. The van der Waals surface area contributed by atoms with E-state index in [4.69, 9.17) is 4.52 Å². The van der Waals surface area contributed by atoms with E-state index in [0.29, 0.717) is 0 Å². The van der Waals surface area contributed by atoms with Crippen molar-refractivity contribution in [1.29, 1.82) is 0 Å². The highest BCUT2D eigenvalue weighted by molar-refractivity contribution is 5.71. The van der Waals surface area contributed by atoms with Crippen LogP contribution in [0, 0.1) is 0 Å². The smallest absolute Gasteiger partial charge is 0.167 e. The van der Waals surface area contributed by atoms with Gasteiger partial charge in [0.05, 0.1) is 0 Å². The Hall–Kier alpha value is -3.20. The molecule has 0 amide bonds. The zero-order valence-electron chi connectivity index (χ0n) is 17.3. The fraction of sp³-hybridized carbons (Fsp3) is 0.231. The predicted octanol–water partition coefficient (Wildman–Crippen LogP) is 6.76. The van der Waals surface area contributed by atoms with Gasteiger partial charge in [-0.1, -0.05) is 56.3 Å². The molecule has 0 fully saturated rings. The number of pyridine rings is 1. The molecular weight excluding hydrogens is 356 g/mol. The van der Waals surface area contributed by atoms with Gasteiger partial charge in [-0.15, -0.1) is 0 Å². The molecule has 3 nitrogen and oxygen atoms in total. The Bertz CT molecular complexity index is 1070. The van der Waals surface area contributed by atoms with Gasteiger partial charge < -0.3 is 4.52 Å². The first-order valence-corrected chi connectivity index (χ1v) is 10.4. The molecule has 0 atom stereocenters. The second kappa shape index (κ2) is 8.44. The lowest BCUT2D eigenvalue weighted by Crippen LogP contribution is -1.98. The van der Waals surface area contributed by atoms with Crippen LogP contribution in [0.25, 0.3) is 33.7 Å². The third kappa shape index (κ3) is 3.86. The molecule has 3 heteroatoms. The second-order valence-electron chi connectivity index (χ2n) is 7.23. The summed E-state index contributed by atoms with van der Waals surface area (Å²) in [5, 5.41) is 4.33. The normalized spacial score (nSPS) is 11.0. The van der Waals surface area contributed by atoms with Crippen molar-refractivity contribution in [1.82, 2.24) is 10.1 Å². The average Bonchev–Trinajstić information content (AvgIpc) is 3.29. The van der Waals surface area contributed by atoms with Crippen LogP contribution in [-0.2, 0) is 19.3 Å². The van der Waals surface area contributed by atoms with Crippen molar-refractivity contribution < 1.29 is 4.52 Å². The minimum Gasteiger partial charge on any atom is -0.356 e. The molecule has 0 N–H and O–H groups in total. The Morgan fingerprint density at radius 2 is 1.41 bits per heavy atom. The first-order chi connectivity index (χ1) is 14.2. The molecule has 0 aliphatic carbocycles. The monoisotopic (exact) mass is 382 g/mol. The Balaban J connectivity index is 1.65. The molecule has 0 aliphatic heterocycles. The van der Waals surface area contributed by atoms with Crippen molar-refractivity contribution in [2.24, 2.45) is 0 Å². The Labute approximate surface area is 172 Å². The topological polar surface area (TPSA) is 38.9 Å². The van der Waals surface area contributed by atoms with Crippen molar-refractivity contribution >= 4 is 0 Å². The first kappa shape index (κ1) is 19.1. The van der Waals surface area contributed by atoms with E-state index in [0.717, 1.165) is 53.0 Å². The summed E-state index contributed by atoms with van der Waals surface area (Å²) < 4.78 is 5.73. The highest BCUT2D eigenvalue weighted by atomic mass is 16.5. The van der Waals surface area contributed by atoms with E-state index < -0.39 is 0 Å². The van der Waals surface area contributed by atoms with Gasteiger partial charge in [-0.25, -0.2) is 0 Å². The van der Waals surface area contributed by atoms with Gasteiger partial charge in [0, 0.05) is 29.6 Å². The number of aryl methyl sites for hydroxylation is 2. The lowest BCUT2D eigenvalue weighted by Gasteiger charge is -2.13. The summed E-state index contributed by atoms with van der Waals surface area (Å²) in [6, 6.07) is 18.9. The molecule has 2 aromatic heterocycles. The van der Waals surface area contributed by atoms with E-state index in [1.807, 2.05) is 18.3 Å². The van der Waals surface area contributed by atoms with Crippen LogP contribution >= 0.6 is 0 Å². The van der Waals surface area contributed by atoms with E-state index >= 15 is 0 Å². The molecule has 0 radical (unpaired) electrons. The van der Waals surface area contributed by atoms with Crippen molar-refractivity contribution in [3.8, 4) is 33.7 Å². The van der Waals surface area contributed by atoms with Crippen LogP contribution in [0.2, 0.25) is 0 Å². The number of hydrogen-bond acceptors (Lipinski definition) is 3. The summed E-state index contributed by atoms with van der Waals surface area (Å²) in [6.07, 6.45) is 6.79. The van der Waals surface area contributed by atoms with Crippen LogP contribution in [0.5, 0.6) is 0 Å². The molecule has 0 bridgehead atoms. The molecule has 0 unspecified atom stereocenters. The maximum atomic E-state index is 5.73. The average molecular weight is 383 g/mol. The van der Waals surface area contributed by atoms with Crippen LogP contribution in [0.15, 0.2) is 71.5 Å². The maximum Gasteiger partial charge on any atom is 0.167 e. The van der Waals surface area contributed by atoms with E-state index in [1.54, 1.807) is 6.20 Å². The maximum absolute atomic E-state index is 5.73. The zero-order valence-corrected chi connectivity index (χ0v) is 17.3. The van der Waals surface area contributed by atoms with Crippen LogP contribution in [0.3, 0.4) is 0 Å². The van der Waals surface area contributed by atoms with Crippen molar-refractivity contribution in [3.05, 3.63) is 83.7 Å². The summed E-state index contributed by atoms with van der Waals surface area (Å²) in [4.78, 5) is 4.19. The summed E-state index contributed by atoms with van der Waals surface area (Å²) in [7, 11) is 0. The molecule has 0 saturated heterocycles. The first-order valence-electron chi connectivity index (χ1n) is 10.4. The molecule has 146 valence electrons. The lowest BCUT2D eigenvalue weighted by atomic mass is 9.92. The van der Waals surface area contributed by atoms with Gasteiger partial charge in [-0.3, -0.25) is 4.98 Å². The fourth-order valence-electron chi connectivity index (χ4n) is 3.94. The predicted molar refractivity (Wildman–Crippen MR) is 119 cm³/mol. The van der Waals surface area contributed by atoms with Crippen LogP contribution in [0.1, 0.15) is 37.5 Å². The quantitative estimate of drug-likeness (QED) is 0.370. The lowest BCUT2D eigenvalue weighted by molar-refractivity contribution is 0.435. The molecule has 29 heavy (non-hydrogen) atoms. The molecule has 4 rings (SSSR count). The zero-order chi connectivity index (χ0) is 20.2. The molecule has 0 aliphatic rings. The Morgan fingerprint density at radius 1 is 0.724 bits per heavy atom. The third-order valence-corrected chi connectivity index (χ3v) is 5.52. The summed E-state index contributed by atoms with van der Waals surface area (Å²) in [5.74, 6) is 0.823. The van der Waals surface area contributed by atoms with Crippen LogP contribution < -0.4 is 0 Å². The van der Waals surface area contributed by atoms with E-state index in [-0.39, 0.29) is 0 Å². The summed E-state index contributed by atoms with van der Waals surface area (Å²) in [5.41, 5.74) is 9.54. The highest BCUT2D eigenvalue weighted by Gasteiger charge is 2.13. The molecular formula is C26H26N2O. The molecule has 4 aromatic rings. The summed E-state index contributed by atoms with van der Waals surface area (Å²) in [6.45, 7) is 6.66. The van der Waals surface area contributed by atoms with E-state index in [1.165, 1.54) is 16.7 Å². The molecule has 2 aromatic carbocycles. The van der Waals surface area contributed by atoms with E-state index in [2.05, 4.69) is 73.4 Å². The van der Waals surface area contributed by atoms with Gasteiger partial charge in [-0.05, 0) is 65.3 Å². The van der Waals surface area contributed by atoms with Gasteiger partial charge in [0.25, 0.3) is 0 Å². The number of benzene rings is 2. The number of hydrogen-bond donors (Lipinski definition) is 0. The Kier molecular flexibility index (Phi) is 5.57. The van der Waals surface area contributed by atoms with Gasteiger partial charge >= 0.3 is 0 Å². The van der Waals surface area contributed by atoms with Gasteiger partial charge in [0.1, 0.15) is 5.69 Å². The van der Waals surface area contributed by atoms with Gasteiger partial charge in [0.15, 0.2) is 5.76 Å². The Morgan fingerprint density at radius 3 is 2.00 bits per heavy atom. The highest BCUT2D eigenvalue weighted by Crippen LogP contribution is 2.31. The van der Waals surface area contributed by atoms with Crippen LogP contribution in [-0.4, -0.2) is 10.1 Å². The number of rotatable bonds is 6. The number of nitrogens with zero attached hydrogens (tertiary/aromatic N) is 2. The largest absolute Gasteiger partial charge is 0.356 e. The van der Waals surface area contributed by atoms with Gasteiger partial charge in [-0.2, -0.15) is 0 Å².